The number of hydrogen-bond acceptors (Lipinski definition) is 5. The van der Waals surface area contributed by atoms with Crippen LogP contribution in [0.3, 0.4) is 0 Å². The molecule has 216 valence electrons. The van der Waals surface area contributed by atoms with Crippen molar-refractivity contribution < 1.29 is 23.1 Å². The van der Waals surface area contributed by atoms with E-state index in [-0.39, 0.29) is 11.3 Å². The number of rotatable bonds is 14. The summed E-state index contributed by atoms with van der Waals surface area (Å²) < 4.78 is 33.4. The molecule has 3 rings (SSSR count). The molecule has 0 atom stereocenters. The highest BCUT2D eigenvalue weighted by Gasteiger charge is 2.13. The van der Waals surface area contributed by atoms with Gasteiger partial charge in [-0.2, -0.15) is 0 Å². The van der Waals surface area contributed by atoms with E-state index in [1.807, 2.05) is 42.5 Å². The molecule has 8 heteroatoms. The van der Waals surface area contributed by atoms with Crippen LogP contribution in [0.4, 0.5) is 5.69 Å². The van der Waals surface area contributed by atoms with Crippen molar-refractivity contribution in [3.8, 4) is 5.75 Å². The molecule has 0 aliphatic rings. The first-order chi connectivity index (χ1) is 19.1. The van der Waals surface area contributed by atoms with Crippen molar-refractivity contribution in [2.45, 2.75) is 70.4 Å². The zero-order valence-electron chi connectivity index (χ0n) is 23.8. The summed E-state index contributed by atoms with van der Waals surface area (Å²) in [6.07, 6.45) is 6.06. The van der Waals surface area contributed by atoms with Gasteiger partial charge in [0.05, 0.1) is 11.5 Å². The van der Waals surface area contributed by atoms with Crippen molar-refractivity contribution in [3.63, 3.8) is 0 Å². The summed E-state index contributed by atoms with van der Waals surface area (Å²) in [6, 6.07) is 24.2. The number of ether oxygens (including phenoxy) is 1. The molecule has 0 amide bonds. The van der Waals surface area contributed by atoms with Gasteiger partial charge in [-0.25, -0.2) is 8.42 Å². The van der Waals surface area contributed by atoms with Gasteiger partial charge < -0.3 is 15.2 Å². The zero-order valence-corrected chi connectivity index (χ0v) is 24.7. The fourth-order valence-electron chi connectivity index (χ4n) is 3.88. The molecule has 0 saturated carbocycles. The summed E-state index contributed by atoms with van der Waals surface area (Å²) in [5.74, 6) is -0.104. The minimum atomic E-state index is -3.62. The maximum Gasteiger partial charge on any atom is 0.303 e. The Morgan fingerprint density at radius 3 is 2.25 bits per heavy atom. The standard InChI is InChI=1S/C26H27NO5S.C6H15N/c28-26(29)18-17-22-12-6-7-16-25(22)32-19-8-2-3-10-21-11-9-13-23(20-21)27-33(30,31)24-14-4-1-5-15-24;1-5(2)7-6(3)4/h1,3-7,9-16,20,27H,2,8,17-19H2,(H,28,29);5-7H,1-4H3/b10-3+;. The first-order valence-corrected chi connectivity index (χ1v) is 15.1. The number of aliphatic carboxylic acids is 1. The first kappa shape index (κ1) is 32.6. The van der Waals surface area contributed by atoms with Crippen LogP contribution in [-0.2, 0) is 21.2 Å². The highest BCUT2D eigenvalue weighted by molar-refractivity contribution is 7.92. The van der Waals surface area contributed by atoms with E-state index >= 15 is 0 Å². The number of sulfonamides is 1. The van der Waals surface area contributed by atoms with Crippen LogP contribution in [0.5, 0.6) is 5.75 Å². The van der Waals surface area contributed by atoms with Crippen LogP contribution in [0.25, 0.3) is 6.08 Å². The van der Waals surface area contributed by atoms with Crippen molar-refractivity contribution in [1.29, 1.82) is 0 Å². The molecule has 40 heavy (non-hydrogen) atoms. The van der Waals surface area contributed by atoms with Crippen LogP contribution >= 0.6 is 0 Å². The minimum Gasteiger partial charge on any atom is -0.493 e. The molecule has 0 spiro atoms. The predicted octanol–water partition coefficient (Wildman–Crippen LogP) is 6.77. The number of aryl methyl sites for hydroxylation is 1. The van der Waals surface area contributed by atoms with Crippen molar-refractivity contribution in [2.24, 2.45) is 0 Å². The maximum atomic E-state index is 12.5. The third kappa shape index (κ3) is 13.0. The monoisotopic (exact) mass is 566 g/mol. The lowest BCUT2D eigenvalue weighted by molar-refractivity contribution is -0.136. The van der Waals surface area contributed by atoms with Crippen LogP contribution in [0.1, 0.15) is 58.1 Å². The van der Waals surface area contributed by atoms with Gasteiger partial charge in [-0.1, -0.05) is 88.4 Å². The second-order valence-electron chi connectivity index (χ2n) is 9.91. The smallest absolute Gasteiger partial charge is 0.303 e. The first-order valence-electron chi connectivity index (χ1n) is 13.6. The van der Waals surface area contributed by atoms with Gasteiger partial charge in [0.2, 0.25) is 0 Å². The summed E-state index contributed by atoms with van der Waals surface area (Å²) in [7, 11) is -3.62. The lowest BCUT2D eigenvalue weighted by Gasteiger charge is -2.10. The van der Waals surface area contributed by atoms with E-state index in [0.717, 1.165) is 29.7 Å². The van der Waals surface area contributed by atoms with Gasteiger partial charge in [0.1, 0.15) is 5.75 Å². The number of anilines is 1. The van der Waals surface area contributed by atoms with Crippen LogP contribution in [0.2, 0.25) is 0 Å². The molecule has 3 aromatic rings. The molecular weight excluding hydrogens is 524 g/mol. The van der Waals surface area contributed by atoms with Gasteiger partial charge in [0.15, 0.2) is 0 Å². The van der Waals surface area contributed by atoms with Crippen molar-refractivity contribution >= 4 is 27.8 Å². The molecule has 3 N–H and O–H groups in total. The van der Waals surface area contributed by atoms with E-state index in [9.17, 15) is 13.2 Å². The fraction of sp³-hybridized carbons (Fsp3) is 0.344. The Labute approximate surface area is 239 Å². The van der Waals surface area contributed by atoms with Crippen molar-refractivity contribution in [3.05, 3.63) is 96.1 Å². The van der Waals surface area contributed by atoms with E-state index in [4.69, 9.17) is 9.84 Å². The lowest BCUT2D eigenvalue weighted by atomic mass is 10.1. The quantitative estimate of drug-likeness (QED) is 0.186. The summed E-state index contributed by atoms with van der Waals surface area (Å²) in [4.78, 5) is 11.0. The van der Waals surface area contributed by atoms with Crippen molar-refractivity contribution in [1.82, 2.24) is 5.32 Å². The Hall–Kier alpha value is -3.62. The van der Waals surface area contributed by atoms with Crippen LogP contribution < -0.4 is 14.8 Å². The largest absolute Gasteiger partial charge is 0.493 e. The highest BCUT2D eigenvalue weighted by Crippen LogP contribution is 2.20. The maximum absolute atomic E-state index is 12.5. The number of benzene rings is 3. The normalized spacial score (nSPS) is 11.3. The zero-order chi connectivity index (χ0) is 29.4. The highest BCUT2D eigenvalue weighted by atomic mass is 32.2. The van der Waals surface area contributed by atoms with E-state index in [2.05, 4.69) is 37.7 Å². The van der Waals surface area contributed by atoms with Crippen molar-refractivity contribution in [2.75, 3.05) is 11.3 Å². The average Bonchev–Trinajstić information content (AvgIpc) is 2.90. The molecule has 3 aromatic carbocycles. The van der Waals surface area contributed by atoms with Gasteiger partial charge in [-0.05, 0) is 60.7 Å². The van der Waals surface area contributed by atoms with Crippen LogP contribution in [-0.4, -0.2) is 38.2 Å². The number of hydrogen-bond donors (Lipinski definition) is 3. The molecule has 0 aliphatic heterocycles. The molecule has 0 aromatic heterocycles. The van der Waals surface area contributed by atoms with Gasteiger partial charge in [-0.15, -0.1) is 0 Å². The van der Waals surface area contributed by atoms with Crippen LogP contribution in [0.15, 0.2) is 89.8 Å². The van der Waals surface area contributed by atoms with Gasteiger partial charge in [0, 0.05) is 24.2 Å². The third-order valence-electron chi connectivity index (χ3n) is 5.52. The lowest BCUT2D eigenvalue weighted by Crippen LogP contribution is -2.29. The molecule has 7 nitrogen and oxygen atoms in total. The second-order valence-corrected chi connectivity index (χ2v) is 11.6. The van der Waals surface area contributed by atoms with Crippen LogP contribution in [0, 0.1) is 0 Å². The second kappa shape index (κ2) is 17.2. The molecule has 0 fully saturated rings. The fourth-order valence-corrected chi connectivity index (χ4v) is 4.95. The van der Waals surface area contributed by atoms with E-state index < -0.39 is 16.0 Å². The number of carbonyl (C=O) groups is 1. The number of nitrogens with one attached hydrogen (secondary N) is 2. The topological polar surface area (TPSA) is 105 Å². The van der Waals surface area contributed by atoms with Gasteiger partial charge >= 0.3 is 5.97 Å². The molecule has 0 bridgehead atoms. The number of para-hydroxylation sites is 1. The third-order valence-corrected chi connectivity index (χ3v) is 6.92. The van der Waals surface area contributed by atoms with Gasteiger partial charge in [0.25, 0.3) is 10.0 Å². The Bertz CT molecular complexity index is 1300. The Morgan fingerprint density at radius 1 is 0.925 bits per heavy atom. The molecule has 0 heterocycles. The van der Waals surface area contributed by atoms with Gasteiger partial charge in [-0.3, -0.25) is 9.52 Å². The van der Waals surface area contributed by atoms with E-state index in [0.29, 0.717) is 30.8 Å². The van der Waals surface area contributed by atoms with E-state index in [1.165, 1.54) is 0 Å². The number of allylic oxidation sites excluding steroid dienone is 1. The Morgan fingerprint density at radius 2 is 1.60 bits per heavy atom. The Balaban J connectivity index is 0.000000708. The molecular formula is C32H42N2O5S. The summed E-state index contributed by atoms with van der Waals surface area (Å²) >= 11 is 0. The summed E-state index contributed by atoms with van der Waals surface area (Å²) in [5.41, 5.74) is 2.29. The molecule has 0 saturated heterocycles. The summed E-state index contributed by atoms with van der Waals surface area (Å²) in [5, 5.41) is 12.2. The molecule has 0 unspecified atom stereocenters. The molecule has 0 aliphatic carbocycles. The molecule has 0 radical (unpaired) electrons. The predicted molar refractivity (Wildman–Crippen MR) is 163 cm³/mol. The Kier molecular flexibility index (Phi) is 14.0. The summed E-state index contributed by atoms with van der Waals surface area (Å²) in [6.45, 7) is 9.13. The number of carboxylic acids is 1. The van der Waals surface area contributed by atoms with E-state index in [1.54, 1.807) is 48.5 Å². The SMILES string of the molecule is CC(C)NC(C)C.O=C(O)CCc1ccccc1OCCC/C=C/c1cccc(NS(=O)(=O)c2ccccc2)c1. The average molecular weight is 567 g/mol. The number of carboxylic acid groups (broad SMARTS) is 1. The number of unbranched alkanes of at least 4 members (excludes halogenated alkanes) is 1. The minimum absolute atomic E-state index is 0.0731.